The van der Waals surface area contributed by atoms with Gasteiger partial charge in [0.2, 0.25) is 11.9 Å². The third-order valence-electron chi connectivity index (χ3n) is 2.82. The summed E-state index contributed by atoms with van der Waals surface area (Å²) in [6.07, 6.45) is -0.800. The maximum atomic E-state index is 12.1. The highest BCUT2D eigenvalue weighted by Gasteiger charge is 2.31. The SMILES string of the molecule is CCOC(=O)[C@@H](NC(=O)OC(C)(C)C)c1nc2cc(O)ccc2o1. The summed E-state index contributed by atoms with van der Waals surface area (Å²) in [6, 6.07) is 3.07. The second kappa shape index (κ2) is 6.77. The summed E-state index contributed by atoms with van der Waals surface area (Å²) >= 11 is 0. The summed E-state index contributed by atoms with van der Waals surface area (Å²) in [5, 5.41) is 11.9. The number of ether oxygens (including phenoxy) is 2. The zero-order valence-corrected chi connectivity index (χ0v) is 14.0. The fourth-order valence-corrected chi connectivity index (χ4v) is 1.93. The maximum absolute atomic E-state index is 12.1. The summed E-state index contributed by atoms with van der Waals surface area (Å²) in [5.41, 5.74) is -0.00972. The first kappa shape index (κ1) is 17.6. The number of oxazole rings is 1. The first-order valence-electron chi connectivity index (χ1n) is 7.45. The quantitative estimate of drug-likeness (QED) is 0.826. The van der Waals surface area contributed by atoms with Crippen LogP contribution in [0.4, 0.5) is 4.79 Å². The van der Waals surface area contributed by atoms with Crippen LogP contribution in [0.5, 0.6) is 5.75 Å². The molecule has 0 aliphatic carbocycles. The van der Waals surface area contributed by atoms with Crippen LogP contribution in [-0.2, 0) is 14.3 Å². The molecule has 0 aliphatic rings. The number of phenolic OH excluding ortho intramolecular Hbond substituents is 1. The summed E-state index contributed by atoms with van der Waals surface area (Å²) in [4.78, 5) is 28.2. The molecule has 0 radical (unpaired) electrons. The van der Waals surface area contributed by atoms with Crippen molar-refractivity contribution in [1.29, 1.82) is 0 Å². The molecule has 8 nitrogen and oxygen atoms in total. The zero-order chi connectivity index (χ0) is 17.9. The Labute approximate surface area is 138 Å². The van der Waals surface area contributed by atoms with Crippen LogP contribution >= 0.6 is 0 Å². The first-order valence-corrected chi connectivity index (χ1v) is 7.45. The molecule has 0 saturated carbocycles. The number of phenols is 1. The van der Waals surface area contributed by atoms with E-state index in [0.29, 0.717) is 11.1 Å². The molecule has 1 amide bonds. The minimum absolute atomic E-state index is 0.00939. The number of benzene rings is 1. The number of carbonyl (C=O) groups excluding carboxylic acids is 2. The van der Waals surface area contributed by atoms with E-state index in [1.807, 2.05) is 0 Å². The van der Waals surface area contributed by atoms with Crippen molar-refractivity contribution in [3.05, 3.63) is 24.1 Å². The average Bonchev–Trinajstić information content (AvgIpc) is 2.85. The van der Waals surface area contributed by atoms with Gasteiger partial charge in [0.25, 0.3) is 0 Å². The largest absolute Gasteiger partial charge is 0.508 e. The minimum atomic E-state index is -1.26. The molecule has 0 fully saturated rings. The lowest BCUT2D eigenvalue weighted by atomic mass is 10.2. The van der Waals surface area contributed by atoms with Crippen LogP contribution in [0.1, 0.15) is 39.6 Å². The molecule has 1 heterocycles. The Hall–Kier alpha value is -2.77. The number of hydrogen-bond donors (Lipinski definition) is 2. The van der Waals surface area contributed by atoms with E-state index in [4.69, 9.17) is 13.9 Å². The Kier molecular flexibility index (Phi) is 4.96. The van der Waals surface area contributed by atoms with Crippen molar-refractivity contribution in [3.63, 3.8) is 0 Å². The van der Waals surface area contributed by atoms with Gasteiger partial charge in [-0.25, -0.2) is 14.6 Å². The summed E-state index contributed by atoms with van der Waals surface area (Å²) in [6.45, 7) is 6.88. The van der Waals surface area contributed by atoms with E-state index in [1.54, 1.807) is 27.7 Å². The number of nitrogens with zero attached hydrogens (tertiary/aromatic N) is 1. The number of rotatable bonds is 4. The molecule has 0 bridgehead atoms. The number of nitrogens with one attached hydrogen (secondary N) is 1. The highest BCUT2D eigenvalue weighted by molar-refractivity contribution is 5.83. The summed E-state index contributed by atoms with van der Waals surface area (Å²) in [5.74, 6) is -0.769. The Morgan fingerprint density at radius 1 is 1.38 bits per heavy atom. The van der Waals surface area contributed by atoms with Gasteiger partial charge in [0.1, 0.15) is 16.9 Å². The first-order chi connectivity index (χ1) is 11.2. The third-order valence-corrected chi connectivity index (χ3v) is 2.82. The highest BCUT2D eigenvalue weighted by atomic mass is 16.6. The lowest BCUT2D eigenvalue weighted by Gasteiger charge is -2.21. The van der Waals surface area contributed by atoms with Crippen LogP contribution in [0.25, 0.3) is 11.1 Å². The molecule has 0 spiro atoms. The molecule has 1 aromatic carbocycles. The Morgan fingerprint density at radius 2 is 2.08 bits per heavy atom. The summed E-state index contributed by atoms with van der Waals surface area (Å²) in [7, 11) is 0. The number of aromatic hydroxyl groups is 1. The van der Waals surface area contributed by atoms with Crippen molar-refractivity contribution in [3.8, 4) is 5.75 Å². The number of alkyl carbamates (subject to hydrolysis) is 1. The van der Waals surface area contributed by atoms with Crippen LogP contribution in [-0.4, -0.2) is 34.4 Å². The molecule has 2 N–H and O–H groups in total. The fraction of sp³-hybridized carbons (Fsp3) is 0.438. The van der Waals surface area contributed by atoms with Gasteiger partial charge < -0.3 is 19.0 Å². The predicted octanol–water partition coefficient (Wildman–Crippen LogP) is 2.66. The van der Waals surface area contributed by atoms with Gasteiger partial charge in [-0.3, -0.25) is 5.32 Å². The van der Waals surface area contributed by atoms with E-state index in [9.17, 15) is 14.7 Å². The smallest absolute Gasteiger partial charge is 0.408 e. The van der Waals surface area contributed by atoms with Gasteiger partial charge in [0, 0.05) is 6.07 Å². The van der Waals surface area contributed by atoms with Gasteiger partial charge >= 0.3 is 12.1 Å². The predicted molar refractivity (Wildman–Crippen MR) is 84.4 cm³/mol. The molecular formula is C16H20N2O6. The number of fused-ring (bicyclic) bond motifs is 1. The Morgan fingerprint density at radius 3 is 2.71 bits per heavy atom. The average molecular weight is 336 g/mol. The number of esters is 1. The number of amides is 1. The Balaban J connectivity index is 2.30. The molecule has 0 saturated heterocycles. The molecular weight excluding hydrogens is 316 g/mol. The summed E-state index contributed by atoms with van der Waals surface area (Å²) < 4.78 is 15.6. The standard InChI is InChI=1S/C16H20N2O6/c1-5-22-14(20)12(18-15(21)24-16(2,3)4)13-17-10-8-9(19)6-7-11(10)23-13/h6-8,12,19H,5H2,1-4H3,(H,18,21)/t12-/m0/s1. The van der Waals surface area contributed by atoms with Crippen molar-refractivity contribution < 1.29 is 28.6 Å². The zero-order valence-electron chi connectivity index (χ0n) is 14.0. The van der Waals surface area contributed by atoms with Gasteiger partial charge in [-0.1, -0.05) is 0 Å². The molecule has 2 aromatic rings. The highest BCUT2D eigenvalue weighted by Crippen LogP contribution is 2.24. The Bertz CT molecular complexity index is 747. The van der Waals surface area contributed by atoms with Crippen molar-refractivity contribution in [2.24, 2.45) is 0 Å². The third kappa shape index (κ3) is 4.37. The van der Waals surface area contributed by atoms with E-state index < -0.39 is 23.7 Å². The van der Waals surface area contributed by atoms with E-state index >= 15 is 0 Å². The van der Waals surface area contributed by atoms with Gasteiger partial charge in [-0.05, 0) is 39.8 Å². The van der Waals surface area contributed by atoms with E-state index in [2.05, 4.69) is 10.3 Å². The van der Waals surface area contributed by atoms with Crippen LogP contribution in [0, 0.1) is 0 Å². The number of hydrogen-bond acceptors (Lipinski definition) is 7. The number of aromatic nitrogens is 1. The molecule has 8 heteroatoms. The molecule has 24 heavy (non-hydrogen) atoms. The molecule has 2 rings (SSSR count). The van der Waals surface area contributed by atoms with Crippen molar-refractivity contribution in [1.82, 2.24) is 10.3 Å². The van der Waals surface area contributed by atoms with Crippen molar-refractivity contribution in [2.45, 2.75) is 39.3 Å². The normalized spacial score (nSPS) is 12.7. The lowest BCUT2D eigenvalue weighted by Crippen LogP contribution is -2.39. The minimum Gasteiger partial charge on any atom is -0.508 e. The van der Waals surface area contributed by atoms with Crippen LogP contribution < -0.4 is 5.32 Å². The maximum Gasteiger partial charge on any atom is 0.408 e. The lowest BCUT2D eigenvalue weighted by molar-refractivity contribution is -0.146. The molecule has 130 valence electrons. The van der Waals surface area contributed by atoms with Crippen LogP contribution in [0.2, 0.25) is 0 Å². The molecule has 1 aromatic heterocycles. The number of carbonyl (C=O) groups is 2. The van der Waals surface area contributed by atoms with Gasteiger partial charge in [-0.2, -0.15) is 0 Å². The second-order valence-electron chi connectivity index (χ2n) is 6.04. The molecule has 1 atom stereocenters. The molecule has 0 unspecified atom stereocenters. The van der Waals surface area contributed by atoms with Crippen molar-refractivity contribution >= 4 is 23.2 Å². The second-order valence-corrected chi connectivity index (χ2v) is 6.04. The molecule has 0 aliphatic heterocycles. The van der Waals surface area contributed by atoms with E-state index in [-0.39, 0.29) is 18.2 Å². The van der Waals surface area contributed by atoms with Crippen LogP contribution in [0.3, 0.4) is 0 Å². The van der Waals surface area contributed by atoms with Gasteiger partial charge in [0.15, 0.2) is 5.58 Å². The van der Waals surface area contributed by atoms with Gasteiger partial charge in [-0.15, -0.1) is 0 Å². The van der Waals surface area contributed by atoms with Gasteiger partial charge in [0.05, 0.1) is 6.61 Å². The van der Waals surface area contributed by atoms with Crippen molar-refractivity contribution in [2.75, 3.05) is 6.61 Å². The van der Waals surface area contributed by atoms with E-state index in [0.717, 1.165) is 0 Å². The topological polar surface area (TPSA) is 111 Å². The fourth-order valence-electron chi connectivity index (χ4n) is 1.93. The monoisotopic (exact) mass is 336 g/mol. The van der Waals surface area contributed by atoms with E-state index in [1.165, 1.54) is 18.2 Å². The van der Waals surface area contributed by atoms with Crippen LogP contribution in [0.15, 0.2) is 22.6 Å².